The van der Waals surface area contributed by atoms with Crippen LogP contribution < -0.4 is 4.74 Å². The van der Waals surface area contributed by atoms with Crippen LogP contribution in [0.4, 0.5) is 0 Å². The Morgan fingerprint density at radius 3 is 2.62 bits per heavy atom. The number of aryl methyl sites for hydroxylation is 3. The van der Waals surface area contributed by atoms with Crippen LogP contribution in [0.1, 0.15) is 52.3 Å². The third kappa shape index (κ3) is 4.88. The van der Waals surface area contributed by atoms with Gasteiger partial charge >= 0.3 is 5.97 Å². The number of Topliss-reactive ketones (excluding diaryl/α,β-unsaturated/α-hetero) is 1. The van der Waals surface area contributed by atoms with Gasteiger partial charge in [-0.1, -0.05) is 6.07 Å². The summed E-state index contributed by atoms with van der Waals surface area (Å²) in [5.74, 6) is -0.121. The quantitative estimate of drug-likeness (QED) is 0.476. The maximum absolute atomic E-state index is 12.6. The van der Waals surface area contributed by atoms with Crippen molar-refractivity contribution in [2.45, 2.75) is 46.1 Å². The second kappa shape index (κ2) is 9.27. The summed E-state index contributed by atoms with van der Waals surface area (Å²) in [5, 5.41) is 0. The number of benzene rings is 1. The third-order valence-electron chi connectivity index (χ3n) is 5.42. The predicted molar refractivity (Wildman–Crippen MR) is 110 cm³/mol. The Hall–Kier alpha value is -2.60. The maximum Gasteiger partial charge on any atom is 0.344 e. The van der Waals surface area contributed by atoms with Crippen molar-refractivity contribution >= 4 is 11.8 Å². The molecule has 29 heavy (non-hydrogen) atoms. The van der Waals surface area contributed by atoms with Crippen molar-refractivity contribution in [3.05, 3.63) is 52.3 Å². The van der Waals surface area contributed by atoms with Gasteiger partial charge in [0.2, 0.25) is 5.78 Å². The van der Waals surface area contributed by atoms with Crippen LogP contribution in [-0.2, 0) is 27.1 Å². The number of hydrogen-bond acceptors (Lipinski definition) is 5. The average molecular weight is 399 g/mol. The zero-order valence-corrected chi connectivity index (χ0v) is 17.6. The Morgan fingerprint density at radius 2 is 1.86 bits per heavy atom. The number of nitrogens with zero attached hydrogens (tertiary/aromatic N) is 1. The van der Waals surface area contributed by atoms with Crippen molar-refractivity contribution in [3.8, 4) is 5.75 Å². The van der Waals surface area contributed by atoms with Gasteiger partial charge in [-0.3, -0.25) is 4.79 Å². The van der Waals surface area contributed by atoms with Gasteiger partial charge in [-0.15, -0.1) is 0 Å². The third-order valence-corrected chi connectivity index (χ3v) is 5.42. The first-order chi connectivity index (χ1) is 13.9. The van der Waals surface area contributed by atoms with Crippen molar-refractivity contribution in [2.75, 3.05) is 26.9 Å². The van der Waals surface area contributed by atoms with Gasteiger partial charge < -0.3 is 18.8 Å². The number of hydrogen-bond donors (Lipinski definition) is 0. The Kier molecular flexibility index (Phi) is 6.75. The minimum Gasteiger partial charge on any atom is -0.482 e. The summed E-state index contributed by atoms with van der Waals surface area (Å²) in [4.78, 5) is 24.6. The summed E-state index contributed by atoms with van der Waals surface area (Å²) in [7, 11) is 1.65. The molecule has 0 saturated carbocycles. The predicted octanol–water partition coefficient (Wildman–Crippen LogP) is 3.61. The molecular weight excluding hydrogens is 370 g/mol. The number of carbonyl (C=O) groups excluding carboxylic acids is 2. The molecule has 1 aromatic heterocycles. The number of methoxy groups -OCH3 is 1. The molecule has 0 saturated heterocycles. The molecular formula is C23H29NO5. The molecule has 0 unspecified atom stereocenters. The zero-order valence-electron chi connectivity index (χ0n) is 17.6. The van der Waals surface area contributed by atoms with E-state index >= 15 is 0 Å². The second-order valence-electron chi connectivity index (χ2n) is 7.62. The van der Waals surface area contributed by atoms with Crippen LogP contribution in [-0.4, -0.2) is 43.3 Å². The van der Waals surface area contributed by atoms with Crippen molar-refractivity contribution in [1.82, 2.24) is 4.57 Å². The van der Waals surface area contributed by atoms with Gasteiger partial charge in [0.15, 0.2) is 13.2 Å². The molecule has 0 fully saturated rings. The average Bonchev–Trinajstić information content (AvgIpc) is 3.28. The molecule has 0 N–H and O–H groups in total. The van der Waals surface area contributed by atoms with Gasteiger partial charge in [0.25, 0.3) is 0 Å². The Bertz CT molecular complexity index is 899. The lowest BCUT2D eigenvalue weighted by Gasteiger charge is -2.17. The Morgan fingerprint density at radius 1 is 1.10 bits per heavy atom. The molecule has 3 rings (SSSR count). The fourth-order valence-corrected chi connectivity index (χ4v) is 4.10. The molecule has 1 aromatic carbocycles. The lowest BCUT2D eigenvalue weighted by molar-refractivity contribution is -0.144. The standard InChI is InChI=1S/C23H29NO5/c1-15-10-21(17(3)24(15)16(2)12-27-4)22(25)13-29-23(26)14-28-20-9-8-18-6-5-7-19(18)11-20/h8-11,16H,5-7,12-14H2,1-4H3/t16-/m1/s1. The monoisotopic (exact) mass is 399 g/mol. The summed E-state index contributed by atoms with van der Waals surface area (Å²) in [6.07, 6.45) is 3.31. The van der Waals surface area contributed by atoms with Crippen LogP contribution in [0.25, 0.3) is 0 Å². The van der Waals surface area contributed by atoms with Crippen LogP contribution in [0, 0.1) is 13.8 Å². The molecule has 0 bridgehead atoms. The van der Waals surface area contributed by atoms with Gasteiger partial charge in [0, 0.05) is 24.1 Å². The van der Waals surface area contributed by atoms with Crippen molar-refractivity contribution in [2.24, 2.45) is 0 Å². The topological polar surface area (TPSA) is 66.8 Å². The molecule has 156 valence electrons. The van der Waals surface area contributed by atoms with E-state index in [9.17, 15) is 9.59 Å². The lowest BCUT2D eigenvalue weighted by atomic mass is 10.1. The highest BCUT2D eigenvalue weighted by Crippen LogP contribution is 2.26. The van der Waals surface area contributed by atoms with Gasteiger partial charge in [-0.2, -0.15) is 0 Å². The summed E-state index contributed by atoms with van der Waals surface area (Å²) in [6, 6.07) is 7.85. The van der Waals surface area contributed by atoms with Crippen LogP contribution in [0.3, 0.4) is 0 Å². The van der Waals surface area contributed by atoms with Crippen molar-refractivity contribution in [3.63, 3.8) is 0 Å². The summed E-state index contributed by atoms with van der Waals surface area (Å²) >= 11 is 0. The van der Waals surface area contributed by atoms with E-state index in [4.69, 9.17) is 14.2 Å². The molecule has 1 aliphatic rings. The SMILES string of the molecule is COC[C@@H](C)n1c(C)cc(C(=O)COC(=O)COc2ccc3c(c2)CCC3)c1C. The minimum atomic E-state index is -0.555. The van der Waals surface area contributed by atoms with E-state index in [0.717, 1.165) is 30.7 Å². The number of ketones is 1. The number of ether oxygens (including phenoxy) is 3. The number of fused-ring (bicyclic) bond motifs is 1. The van der Waals surface area contributed by atoms with Crippen molar-refractivity contribution < 1.29 is 23.8 Å². The van der Waals surface area contributed by atoms with E-state index in [-0.39, 0.29) is 25.0 Å². The van der Waals surface area contributed by atoms with Crippen LogP contribution in [0.15, 0.2) is 24.3 Å². The highest BCUT2D eigenvalue weighted by atomic mass is 16.6. The van der Waals surface area contributed by atoms with E-state index in [1.54, 1.807) is 7.11 Å². The van der Waals surface area contributed by atoms with Crippen LogP contribution in [0.2, 0.25) is 0 Å². The molecule has 2 aromatic rings. The number of rotatable bonds is 9. The van der Waals surface area contributed by atoms with Gasteiger partial charge in [-0.05, 0) is 69.4 Å². The van der Waals surface area contributed by atoms with E-state index < -0.39 is 5.97 Å². The molecule has 1 aliphatic carbocycles. The molecule has 6 heteroatoms. The summed E-state index contributed by atoms with van der Waals surface area (Å²) in [5.41, 5.74) is 5.02. The van der Waals surface area contributed by atoms with E-state index in [1.165, 1.54) is 11.1 Å². The molecule has 0 aliphatic heterocycles. The highest BCUT2D eigenvalue weighted by molar-refractivity contribution is 5.99. The first-order valence-electron chi connectivity index (χ1n) is 10.0. The number of esters is 1. The van der Waals surface area contributed by atoms with Crippen molar-refractivity contribution in [1.29, 1.82) is 0 Å². The Balaban J connectivity index is 1.52. The first-order valence-corrected chi connectivity index (χ1v) is 10.0. The summed E-state index contributed by atoms with van der Waals surface area (Å²) < 4.78 is 18.0. The van der Waals surface area contributed by atoms with Crippen LogP contribution in [0.5, 0.6) is 5.75 Å². The minimum absolute atomic E-state index is 0.116. The molecule has 1 heterocycles. The van der Waals surface area contributed by atoms with E-state index in [1.807, 2.05) is 45.0 Å². The lowest BCUT2D eigenvalue weighted by Crippen LogP contribution is -2.20. The fourth-order valence-electron chi connectivity index (χ4n) is 4.10. The normalized spacial score (nSPS) is 13.8. The molecule has 6 nitrogen and oxygen atoms in total. The first kappa shape index (κ1) is 21.1. The fraction of sp³-hybridized carbons (Fsp3) is 0.478. The van der Waals surface area contributed by atoms with Gasteiger partial charge in [-0.25, -0.2) is 4.79 Å². The largest absolute Gasteiger partial charge is 0.482 e. The van der Waals surface area contributed by atoms with Crippen LogP contribution >= 0.6 is 0 Å². The highest BCUT2D eigenvalue weighted by Gasteiger charge is 2.20. The molecule has 0 radical (unpaired) electrons. The number of carbonyl (C=O) groups is 2. The maximum atomic E-state index is 12.6. The molecule has 0 spiro atoms. The Labute approximate surface area is 171 Å². The van der Waals surface area contributed by atoms with E-state index in [0.29, 0.717) is 17.9 Å². The zero-order chi connectivity index (χ0) is 21.0. The molecule has 1 atom stereocenters. The second-order valence-corrected chi connectivity index (χ2v) is 7.62. The van der Waals surface area contributed by atoms with Gasteiger partial charge in [0.05, 0.1) is 12.6 Å². The summed E-state index contributed by atoms with van der Waals surface area (Å²) in [6.45, 7) is 5.93. The molecule has 0 amide bonds. The van der Waals surface area contributed by atoms with Gasteiger partial charge in [0.1, 0.15) is 5.75 Å². The number of aromatic nitrogens is 1. The van der Waals surface area contributed by atoms with E-state index in [2.05, 4.69) is 4.57 Å². The smallest absolute Gasteiger partial charge is 0.344 e.